The van der Waals surface area contributed by atoms with E-state index in [0.717, 1.165) is 50.4 Å². The molecule has 178 valence electrons. The molecule has 0 bridgehead atoms. The third-order valence-corrected chi connectivity index (χ3v) is 6.74. The highest BCUT2D eigenvalue weighted by molar-refractivity contribution is 6.30. The Kier molecular flexibility index (Phi) is 5.11. The van der Waals surface area contributed by atoms with Crippen LogP contribution >= 0.6 is 11.6 Å². The summed E-state index contributed by atoms with van der Waals surface area (Å²) in [5.74, 6) is 1.46. The van der Waals surface area contributed by atoms with Crippen LogP contribution in [0.4, 0.5) is 0 Å². The lowest BCUT2D eigenvalue weighted by Gasteiger charge is -2.11. The van der Waals surface area contributed by atoms with Crippen molar-refractivity contribution in [3.63, 3.8) is 0 Å². The quantitative estimate of drug-likeness (QED) is 0.247. The first-order valence-corrected chi connectivity index (χ1v) is 12.3. The van der Waals surface area contributed by atoms with E-state index in [4.69, 9.17) is 31.1 Å². The average molecular weight is 502 g/mol. The van der Waals surface area contributed by atoms with Crippen LogP contribution in [-0.4, -0.2) is 24.1 Å². The van der Waals surface area contributed by atoms with Gasteiger partial charge < -0.3 is 8.98 Å². The SMILES string of the molecule is Clc1ccc(-c2nc3c4c(-c5ccccc5)c(-c5ccccc5)n(Cc5ccco5)c4ncn3n2)cc1. The summed E-state index contributed by atoms with van der Waals surface area (Å²) in [5.41, 5.74) is 6.72. The Hall–Kier alpha value is -4.68. The second kappa shape index (κ2) is 8.76. The van der Waals surface area contributed by atoms with E-state index in [2.05, 4.69) is 53.1 Å². The highest BCUT2D eigenvalue weighted by Crippen LogP contribution is 2.42. The van der Waals surface area contributed by atoms with Gasteiger partial charge in [0.25, 0.3) is 0 Å². The van der Waals surface area contributed by atoms with Crippen LogP contribution in [0.25, 0.3) is 50.5 Å². The van der Waals surface area contributed by atoms with E-state index < -0.39 is 0 Å². The van der Waals surface area contributed by atoms with Crippen molar-refractivity contribution in [1.29, 1.82) is 0 Å². The lowest BCUT2D eigenvalue weighted by atomic mass is 9.99. The Morgan fingerprint density at radius 1 is 0.730 bits per heavy atom. The van der Waals surface area contributed by atoms with Crippen molar-refractivity contribution in [1.82, 2.24) is 24.1 Å². The molecule has 0 unspecified atom stereocenters. The van der Waals surface area contributed by atoms with E-state index in [0.29, 0.717) is 17.4 Å². The molecule has 0 N–H and O–H groups in total. The van der Waals surface area contributed by atoms with Gasteiger partial charge in [0.05, 0.1) is 23.9 Å². The Balaban J connectivity index is 1.59. The zero-order valence-electron chi connectivity index (χ0n) is 19.6. The minimum Gasteiger partial charge on any atom is -0.467 e. The van der Waals surface area contributed by atoms with Crippen molar-refractivity contribution in [2.24, 2.45) is 0 Å². The molecule has 0 spiro atoms. The lowest BCUT2D eigenvalue weighted by Crippen LogP contribution is -2.03. The molecule has 7 rings (SSSR count). The fraction of sp³-hybridized carbons (Fsp3) is 0.0333. The average Bonchev–Trinajstić information content (AvgIpc) is 3.68. The van der Waals surface area contributed by atoms with Gasteiger partial charge in [-0.1, -0.05) is 72.3 Å². The van der Waals surface area contributed by atoms with Gasteiger partial charge in [0.2, 0.25) is 0 Å². The number of aromatic nitrogens is 5. The minimum atomic E-state index is 0.530. The number of halogens is 1. The molecule has 0 aliphatic heterocycles. The van der Waals surface area contributed by atoms with Gasteiger partial charge in [-0.3, -0.25) is 0 Å². The van der Waals surface area contributed by atoms with Crippen molar-refractivity contribution >= 4 is 28.3 Å². The van der Waals surface area contributed by atoms with Gasteiger partial charge in [-0.05, 0) is 47.5 Å². The standard InChI is InChI=1S/C30H20ClN5O/c31-23-15-13-22(14-16-23)28-33-30-26-25(20-8-3-1-4-9-20)27(21-10-5-2-6-11-21)35(18-24-12-7-17-37-24)29(26)32-19-36(30)34-28/h1-17,19H,18H2. The largest absolute Gasteiger partial charge is 0.467 e. The number of hydrogen-bond acceptors (Lipinski definition) is 4. The molecule has 6 nitrogen and oxygen atoms in total. The Morgan fingerprint density at radius 2 is 1.46 bits per heavy atom. The summed E-state index contributed by atoms with van der Waals surface area (Å²) >= 11 is 6.11. The fourth-order valence-corrected chi connectivity index (χ4v) is 4.98. The van der Waals surface area contributed by atoms with Crippen LogP contribution < -0.4 is 0 Å². The van der Waals surface area contributed by atoms with E-state index in [-0.39, 0.29) is 0 Å². The predicted octanol–water partition coefficient (Wildman–Crippen LogP) is 7.37. The second-order valence-electron chi connectivity index (χ2n) is 8.77. The van der Waals surface area contributed by atoms with Crippen molar-refractivity contribution in [3.8, 4) is 33.8 Å². The molecule has 0 saturated heterocycles. The molecular formula is C30H20ClN5O. The summed E-state index contributed by atoms with van der Waals surface area (Å²) in [6.07, 6.45) is 3.43. The van der Waals surface area contributed by atoms with E-state index >= 15 is 0 Å². The van der Waals surface area contributed by atoms with Gasteiger partial charge >= 0.3 is 0 Å². The molecule has 0 aliphatic rings. The van der Waals surface area contributed by atoms with Crippen LogP contribution in [0.5, 0.6) is 0 Å². The molecule has 4 aromatic heterocycles. The molecule has 0 aliphatic carbocycles. The maximum Gasteiger partial charge on any atom is 0.182 e. The third-order valence-electron chi connectivity index (χ3n) is 6.49. The van der Waals surface area contributed by atoms with E-state index in [1.165, 1.54) is 0 Å². The molecule has 0 atom stereocenters. The van der Waals surface area contributed by atoms with Gasteiger partial charge in [-0.15, -0.1) is 5.10 Å². The molecule has 0 radical (unpaired) electrons. The number of hydrogen-bond donors (Lipinski definition) is 0. The predicted molar refractivity (Wildman–Crippen MR) is 145 cm³/mol. The smallest absolute Gasteiger partial charge is 0.182 e. The first-order valence-electron chi connectivity index (χ1n) is 11.9. The van der Waals surface area contributed by atoms with Crippen LogP contribution in [0.3, 0.4) is 0 Å². The van der Waals surface area contributed by atoms with E-state index in [9.17, 15) is 0 Å². The highest BCUT2D eigenvalue weighted by atomic mass is 35.5. The Morgan fingerprint density at radius 3 is 2.16 bits per heavy atom. The number of rotatable bonds is 5. The molecule has 37 heavy (non-hydrogen) atoms. The zero-order chi connectivity index (χ0) is 24.8. The number of benzene rings is 3. The van der Waals surface area contributed by atoms with Gasteiger partial charge in [0, 0.05) is 16.1 Å². The van der Waals surface area contributed by atoms with Crippen molar-refractivity contribution in [2.75, 3.05) is 0 Å². The van der Waals surface area contributed by atoms with E-state index in [1.807, 2.05) is 48.5 Å². The van der Waals surface area contributed by atoms with Crippen LogP contribution in [0.15, 0.2) is 114 Å². The highest BCUT2D eigenvalue weighted by Gasteiger charge is 2.25. The number of fused-ring (bicyclic) bond motifs is 3. The van der Waals surface area contributed by atoms with Crippen molar-refractivity contribution < 1.29 is 4.42 Å². The second-order valence-corrected chi connectivity index (χ2v) is 9.21. The summed E-state index contributed by atoms with van der Waals surface area (Å²) in [6.45, 7) is 0.530. The normalized spacial score (nSPS) is 11.5. The minimum absolute atomic E-state index is 0.530. The van der Waals surface area contributed by atoms with Crippen molar-refractivity contribution in [2.45, 2.75) is 6.54 Å². The van der Waals surface area contributed by atoms with Crippen LogP contribution in [0, 0.1) is 0 Å². The Bertz CT molecular complexity index is 1840. The van der Waals surface area contributed by atoms with Crippen LogP contribution in [0.1, 0.15) is 5.76 Å². The Labute approximate surface area is 217 Å². The zero-order valence-corrected chi connectivity index (χ0v) is 20.4. The summed E-state index contributed by atoms with van der Waals surface area (Å²) in [7, 11) is 0. The summed E-state index contributed by atoms with van der Waals surface area (Å²) < 4.78 is 9.72. The molecular weight excluding hydrogens is 482 g/mol. The third kappa shape index (κ3) is 3.70. The first kappa shape index (κ1) is 21.6. The van der Waals surface area contributed by atoms with E-state index in [1.54, 1.807) is 17.1 Å². The molecule has 3 aromatic carbocycles. The first-order chi connectivity index (χ1) is 18.3. The number of nitrogens with zero attached hydrogens (tertiary/aromatic N) is 5. The van der Waals surface area contributed by atoms with Gasteiger partial charge in [-0.25, -0.2) is 14.5 Å². The maximum atomic E-state index is 6.11. The van der Waals surface area contributed by atoms with Gasteiger partial charge in [-0.2, -0.15) is 0 Å². The number of furan rings is 1. The topological polar surface area (TPSA) is 61.2 Å². The van der Waals surface area contributed by atoms with Gasteiger partial charge in [0.15, 0.2) is 11.5 Å². The maximum absolute atomic E-state index is 6.11. The summed E-state index contributed by atoms with van der Waals surface area (Å²) in [6, 6.07) is 32.2. The lowest BCUT2D eigenvalue weighted by molar-refractivity contribution is 0.497. The summed E-state index contributed by atoms with van der Waals surface area (Å²) in [4.78, 5) is 9.91. The van der Waals surface area contributed by atoms with Crippen LogP contribution in [0.2, 0.25) is 5.02 Å². The fourth-order valence-electron chi connectivity index (χ4n) is 4.85. The monoisotopic (exact) mass is 501 g/mol. The molecule has 0 saturated carbocycles. The van der Waals surface area contributed by atoms with Crippen LogP contribution in [-0.2, 0) is 6.54 Å². The molecule has 4 heterocycles. The molecule has 0 amide bonds. The van der Waals surface area contributed by atoms with Crippen molar-refractivity contribution in [3.05, 3.63) is 120 Å². The molecule has 7 aromatic rings. The molecule has 7 heteroatoms. The molecule has 0 fully saturated rings. The summed E-state index contributed by atoms with van der Waals surface area (Å²) in [5, 5.41) is 6.37. The van der Waals surface area contributed by atoms with Gasteiger partial charge in [0.1, 0.15) is 17.7 Å².